The van der Waals surface area contributed by atoms with Crippen molar-refractivity contribution in [2.45, 2.75) is 43.4 Å². The summed E-state index contributed by atoms with van der Waals surface area (Å²) in [6.45, 7) is 2.99. The quantitative estimate of drug-likeness (QED) is 0.488. The number of aryl methyl sites for hydroxylation is 2. The molecule has 0 aromatic heterocycles. The van der Waals surface area contributed by atoms with E-state index in [9.17, 15) is 13.2 Å². The van der Waals surface area contributed by atoms with Gasteiger partial charge in [-0.25, -0.2) is 8.42 Å². The van der Waals surface area contributed by atoms with Crippen molar-refractivity contribution in [3.8, 4) is 0 Å². The van der Waals surface area contributed by atoms with Crippen LogP contribution < -0.4 is 0 Å². The number of methoxy groups -OCH3 is 1. The van der Waals surface area contributed by atoms with Crippen LogP contribution in [-0.4, -0.2) is 63.4 Å². The Morgan fingerprint density at radius 1 is 0.938 bits per heavy atom. The zero-order valence-electron chi connectivity index (χ0n) is 18.9. The number of sulfonamides is 1. The molecule has 1 saturated heterocycles. The van der Waals surface area contributed by atoms with Gasteiger partial charge in [-0.3, -0.25) is 4.79 Å². The lowest BCUT2D eigenvalue weighted by molar-refractivity contribution is -0.131. The van der Waals surface area contributed by atoms with Crippen molar-refractivity contribution in [2.24, 2.45) is 0 Å². The van der Waals surface area contributed by atoms with Crippen molar-refractivity contribution in [3.05, 3.63) is 65.7 Å². The molecule has 0 bridgehead atoms. The Labute approximate surface area is 192 Å². The minimum Gasteiger partial charge on any atom is -0.383 e. The molecule has 6 nitrogen and oxygen atoms in total. The highest BCUT2D eigenvalue weighted by Crippen LogP contribution is 2.21. The summed E-state index contributed by atoms with van der Waals surface area (Å²) in [6.07, 6.45) is 4.67. The third-order valence-electron chi connectivity index (χ3n) is 5.91. The summed E-state index contributed by atoms with van der Waals surface area (Å²) in [5.74, 6) is 0.101. The minimum absolute atomic E-state index is 0.101. The number of nitrogens with zero attached hydrogens (tertiary/aromatic N) is 2. The minimum atomic E-state index is -3.40. The van der Waals surface area contributed by atoms with Gasteiger partial charge in [0.05, 0.1) is 11.5 Å². The van der Waals surface area contributed by atoms with Crippen molar-refractivity contribution < 1.29 is 17.9 Å². The first-order valence-electron chi connectivity index (χ1n) is 11.4. The Morgan fingerprint density at radius 3 is 2.25 bits per heavy atom. The summed E-state index contributed by atoms with van der Waals surface area (Å²) in [5, 5.41) is 0. The third kappa shape index (κ3) is 6.89. The van der Waals surface area contributed by atoms with Crippen LogP contribution in [0, 0.1) is 0 Å². The molecule has 0 spiro atoms. The molecule has 0 radical (unpaired) electrons. The van der Waals surface area contributed by atoms with Crippen molar-refractivity contribution in [1.29, 1.82) is 0 Å². The molecule has 2 aromatic carbocycles. The molecule has 1 fully saturated rings. The summed E-state index contributed by atoms with van der Waals surface area (Å²) >= 11 is 0. The summed E-state index contributed by atoms with van der Waals surface area (Å²) in [6, 6.07) is 17.3. The first-order valence-corrected chi connectivity index (χ1v) is 12.8. The van der Waals surface area contributed by atoms with Crippen LogP contribution in [0.2, 0.25) is 0 Å². The van der Waals surface area contributed by atoms with Crippen molar-refractivity contribution in [3.63, 3.8) is 0 Å². The Morgan fingerprint density at radius 2 is 1.59 bits per heavy atom. The second-order valence-electron chi connectivity index (χ2n) is 8.22. The van der Waals surface area contributed by atoms with Gasteiger partial charge in [-0.2, -0.15) is 4.31 Å². The maximum absolute atomic E-state index is 12.8. The van der Waals surface area contributed by atoms with Crippen LogP contribution in [0.3, 0.4) is 0 Å². The van der Waals surface area contributed by atoms with E-state index < -0.39 is 10.0 Å². The van der Waals surface area contributed by atoms with E-state index in [-0.39, 0.29) is 5.91 Å². The Bertz CT molecular complexity index is 940. The van der Waals surface area contributed by atoms with Crippen LogP contribution in [0.4, 0.5) is 0 Å². The molecule has 1 amide bonds. The van der Waals surface area contributed by atoms with E-state index in [0.717, 1.165) is 31.2 Å². The first kappa shape index (κ1) is 24.4. The van der Waals surface area contributed by atoms with Gasteiger partial charge >= 0.3 is 0 Å². The van der Waals surface area contributed by atoms with Crippen LogP contribution in [0.5, 0.6) is 0 Å². The van der Waals surface area contributed by atoms with Gasteiger partial charge in [0.1, 0.15) is 0 Å². The van der Waals surface area contributed by atoms with E-state index in [0.29, 0.717) is 50.5 Å². The number of carbonyl (C=O) groups is 1. The molecule has 2 aromatic rings. The second-order valence-corrected chi connectivity index (χ2v) is 10.2. The summed E-state index contributed by atoms with van der Waals surface area (Å²) in [5.41, 5.74) is 2.24. The Kier molecular flexibility index (Phi) is 9.26. The van der Waals surface area contributed by atoms with E-state index >= 15 is 0 Å². The summed E-state index contributed by atoms with van der Waals surface area (Å²) in [7, 11) is -1.76. The molecular formula is C25H34N2O4S. The van der Waals surface area contributed by atoms with Crippen molar-refractivity contribution in [1.82, 2.24) is 9.21 Å². The molecule has 0 atom stereocenters. The average Bonchev–Trinajstić information content (AvgIpc) is 3.37. The fourth-order valence-electron chi connectivity index (χ4n) is 4.00. The Balaban J connectivity index is 1.51. The van der Waals surface area contributed by atoms with Gasteiger partial charge in [0.2, 0.25) is 15.9 Å². The number of benzene rings is 2. The largest absolute Gasteiger partial charge is 0.383 e. The smallest absolute Gasteiger partial charge is 0.243 e. The molecule has 0 saturated carbocycles. The van der Waals surface area contributed by atoms with Crippen molar-refractivity contribution in [2.75, 3.05) is 39.9 Å². The lowest BCUT2D eigenvalue weighted by atomic mass is 10.1. The fourth-order valence-corrected chi connectivity index (χ4v) is 5.51. The highest BCUT2D eigenvalue weighted by Gasteiger charge is 2.26. The average molecular weight is 459 g/mol. The number of rotatable bonds is 12. The molecular weight excluding hydrogens is 424 g/mol. The van der Waals surface area contributed by atoms with Gasteiger partial charge in [0.25, 0.3) is 0 Å². The van der Waals surface area contributed by atoms with E-state index in [2.05, 4.69) is 12.1 Å². The predicted molar refractivity (Wildman–Crippen MR) is 126 cm³/mol. The molecule has 1 aliphatic heterocycles. The van der Waals surface area contributed by atoms with Crippen LogP contribution in [0.1, 0.15) is 36.8 Å². The molecule has 1 aliphatic rings. The van der Waals surface area contributed by atoms with Crippen LogP contribution in [0.25, 0.3) is 0 Å². The van der Waals surface area contributed by atoms with E-state index in [1.807, 2.05) is 35.2 Å². The van der Waals surface area contributed by atoms with Crippen LogP contribution in [0.15, 0.2) is 59.5 Å². The zero-order valence-corrected chi connectivity index (χ0v) is 19.7. The van der Waals surface area contributed by atoms with E-state index in [1.54, 1.807) is 23.5 Å². The van der Waals surface area contributed by atoms with Gasteiger partial charge < -0.3 is 9.64 Å². The fraction of sp³-hybridized carbons (Fsp3) is 0.480. The maximum atomic E-state index is 12.8. The molecule has 1 heterocycles. The highest BCUT2D eigenvalue weighted by atomic mass is 32.2. The maximum Gasteiger partial charge on any atom is 0.243 e. The highest BCUT2D eigenvalue weighted by molar-refractivity contribution is 7.89. The molecule has 0 aliphatic carbocycles. The topological polar surface area (TPSA) is 66.9 Å². The first-order chi connectivity index (χ1) is 15.5. The predicted octanol–water partition coefficient (Wildman–Crippen LogP) is 3.51. The number of carbonyl (C=O) groups excluding carboxylic acids is 1. The zero-order chi connectivity index (χ0) is 22.8. The monoisotopic (exact) mass is 458 g/mol. The van der Waals surface area contributed by atoms with Gasteiger partial charge in [0.15, 0.2) is 0 Å². The molecule has 32 heavy (non-hydrogen) atoms. The lowest BCUT2D eigenvalue weighted by Gasteiger charge is -2.22. The van der Waals surface area contributed by atoms with Gasteiger partial charge in [0, 0.05) is 39.7 Å². The SMILES string of the molecule is COCCN(CCCc1ccccc1)C(=O)CCc1ccc(S(=O)(=O)N2CCCC2)cc1. The Hall–Kier alpha value is -2.22. The molecule has 3 rings (SSSR count). The van der Waals surface area contributed by atoms with Gasteiger partial charge in [-0.05, 0) is 55.4 Å². The van der Waals surface area contributed by atoms with E-state index in [1.165, 1.54) is 5.56 Å². The third-order valence-corrected chi connectivity index (χ3v) is 7.82. The second kappa shape index (κ2) is 12.1. The molecule has 0 unspecified atom stereocenters. The summed E-state index contributed by atoms with van der Waals surface area (Å²) in [4.78, 5) is 15.0. The van der Waals surface area contributed by atoms with Gasteiger partial charge in [-0.1, -0.05) is 42.5 Å². The number of hydrogen-bond acceptors (Lipinski definition) is 4. The molecule has 7 heteroatoms. The van der Waals surface area contributed by atoms with E-state index in [4.69, 9.17) is 4.74 Å². The van der Waals surface area contributed by atoms with Gasteiger partial charge in [-0.15, -0.1) is 0 Å². The lowest BCUT2D eigenvalue weighted by Crippen LogP contribution is -2.35. The number of amides is 1. The van der Waals surface area contributed by atoms with Crippen molar-refractivity contribution >= 4 is 15.9 Å². The number of hydrogen-bond donors (Lipinski definition) is 0. The normalized spacial score (nSPS) is 14.5. The molecule has 0 N–H and O–H groups in total. The standard InChI is InChI=1S/C25H34N2O4S/c1-31-21-20-26(17-7-10-22-8-3-2-4-9-22)25(28)16-13-23-11-14-24(15-12-23)32(29,30)27-18-5-6-19-27/h2-4,8-9,11-12,14-15H,5-7,10,13,16-21H2,1H3. The number of ether oxygens (including phenoxy) is 1. The summed E-state index contributed by atoms with van der Waals surface area (Å²) < 4.78 is 32.0. The molecule has 174 valence electrons. The van der Waals surface area contributed by atoms with Crippen LogP contribution >= 0.6 is 0 Å². The van der Waals surface area contributed by atoms with Crippen LogP contribution in [-0.2, 0) is 32.4 Å².